The van der Waals surface area contributed by atoms with E-state index in [1.165, 1.54) is 0 Å². The highest BCUT2D eigenvalue weighted by Crippen LogP contribution is 2.35. The van der Waals surface area contributed by atoms with Crippen LogP contribution in [0.2, 0.25) is 0 Å². The lowest BCUT2D eigenvalue weighted by atomic mass is 9.82. The van der Waals surface area contributed by atoms with Crippen molar-refractivity contribution in [1.29, 1.82) is 0 Å². The van der Waals surface area contributed by atoms with Gasteiger partial charge in [-0.25, -0.2) is 0 Å². The van der Waals surface area contributed by atoms with Gasteiger partial charge in [0, 0.05) is 5.92 Å². The summed E-state index contributed by atoms with van der Waals surface area (Å²) < 4.78 is 0. The molecule has 2 N–H and O–H groups in total. The minimum Gasteiger partial charge on any atom is -0.481 e. The first-order valence-electron chi connectivity index (χ1n) is 7.87. The largest absolute Gasteiger partial charge is 0.481 e. The molecule has 3 atom stereocenters. The first-order valence-corrected chi connectivity index (χ1v) is 7.87. The summed E-state index contributed by atoms with van der Waals surface area (Å²) in [4.78, 5) is 23.6. The Hall–Kier alpha value is -1.84. The number of amides is 1. The maximum atomic E-state index is 12.5. The van der Waals surface area contributed by atoms with Crippen LogP contribution in [0.3, 0.4) is 0 Å². The lowest BCUT2D eigenvalue weighted by Gasteiger charge is -2.33. The molecule has 0 saturated heterocycles. The number of hydrogen-bond acceptors (Lipinski definition) is 2. The van der Waals surface area contributed by atoms with Gasteiger partial charge in [-0.2, -0.15) is 0 Å². The number of carbonyl (C=O) groups is 2. The number of carboxylic acid groups (broad SMARTS) is 1. The van der Waals surface area contributed by atoms with Crippen LogP contribution in [-0.4, -0.2) is 17.0 Å². The standard InChI is InChI=1S/C18H25NO3/c1-18(2,3)15(12-7-5-4-6-8-12)19-16(20)13-9-10-14(11-13)17(21)22/h4-8,13-15H,9-11H2,1-3H3,(H,19,20)(H,21,22)/t13-,14+,15?/m1/s1. The molecule has 22 heavy (non-hydrogen) atoms. The number of aliphatic carboxylic acids is 1. The first-order chi connectivity index (χ1) is 10.3. The number of carbonyl (C=O) groups excluding carboxylic acids is 1. The van der Waals surface area contributed by atoms with Crippen LogP contribution in [0.5, 0.6) is 0 Å². The Morgan fingerprint density at radius 1 is 1.14 bits per heavy atom. The fraction of sp³-hybridized carbons (Fsp3) is 0.556. The monoisotopic (exact) mass is 303 g/mol. The summed E-state index contributed by atoms with van der Waals surface area (Å²) in [6, 6.07) is 9.85. The van der Waals surface area contributed by atoms with Crippen molar-refractivity contribution in [2.45, 2.75) is 46.1 Å². The summed E-state index contributed by atoms with van der Waals surface area (Å²) >= 11 is 0. The summed E-state index contributed by atoms with van der Waals surface area (Å²) in [5.41, 5.74) is 0.970. The molecule has 120 valence electrons. The summed E-state index contributed by atoms with van der Waals surface area (Å²) in [5, 5.41) is 12.2. The molecule has 0 aliphatic heterocycles. The fourth-order valence-corrected chi connectivity index (χ4v) is 3.15. The molecule has 0 radical (unpaired) electrons. The number of hydrogen-bond donors (Lipinski definition) is 2. The molecule has 1 saturated carbocycles. The quantitative estimate of drug-likeness (QED) is 0.896. The molecule has 1 amide bonds. The van der Waals surface area contributed by atoms with E-state index in [9.17, 15) is 9.59 Å². The molecule has 0 spiro atoms. The lowest BCUT2D eigenvalue weighted by molar-refractivity contribution is -0.141. The number of benzene rings is 1. The van der Waals surface area contributed by atoms with Crippen molar-refractivity contribution in [3.05, 3.63) is 35.9 Å². The van der Waals surface area contributed by atoms with Crippen molar-refractivity contribution in [2.75, 3.05) is 0 Å². The highest BCUT2D eigenvalue weighted by Gasteiger charge is 2.36. The van der Waals surface area contributed by atoms with Crippen LogP contribution in [-0.2, 0) is 9.59 Å². The zero-order valence-corrected chi connectivity index (χ0v) is 13.5. The molecular weight excluding hydrogens is 278 g/mol. The summed E-state index contributed by atoms with van der Waals surface area (Å²) in [6.07, 6.45) is 1.71. The molecule has 1 aromatic carbocycles. The van der Waals surface area contributed by atoms with E-state index in [0.29, 0.717) is 19.3 Å². The molecule has 4 nitrogen and oxygen atoms in total. The van der Waals surface area contributed by atoms with E-state index in [-0.39, 0.29) is 29.2 Å². The Morgan fingerprint density at radius 3 is 2.23 bits per heavy atom. The van der Waals surface area contributed by atoms with Gasteiger partial charge in [0.05, 0.1) is 12.0 Å². The van der Waals surface area contributed by atoms with Crippen LogP contribution in [0.4, 0.5) is 0 Å². The molecule has 1 aliphatic carbocycles. The first kappa shape index (κ1) is 16.5. The van der Waals surface area contributed by atoms with Crippen molar-refractivity contribution in [2.24, 2.45) is 17.3 Å². The Kier molecular flexibility index (Phi) is 4.89. The van der Waals surface area contributed by atoms with Crippen molar-refractivity contribution < 1.29 is 14.7 Å². The Labute approximate surface area is 131 Å². The molecule has 4 heteroatoms. The molecule has 1 aromatic rings. The van der Waals surface area contributed by atoms with Gasteiger partial charge in [-0.3, -0.25) is 9.59 Å². The normalized spacial score (nSPS) is 23.0. The van der Waals surface area contributed by atoms with Crippen molar-refractivity contribution in [3.8, 4) is 0 Å². The molecule has 1 unspecified atom stereocenters. The molecular formula is C18H25NO3. The Morgan fingerprint density at radius 2 is 1.73 bits per heavy atom. The van der Waals surface area contributed by atoms with Gasteiger partial charge < -0.3 is 10.4 Å². The Balaban J connectivity index is 2.09. The van der Waals surface area contributed by atoms with E-state index in [0.717, 1.165) is 5.56 Å². The van der Waals surface area contributed by atoms with Gasteiger partial charge in [0.15, 0.2) is 0 Å². The van der Waals surface area contributed by atoms with E-state index in [4.69, 9.17) is 5.11 Å². The molecule has 0 heterocycles. The lowest BCUT2D eigenvalue weighted by Crippen LogP contribution is -2.39. The van der Waals surface area contributed by atoms with Crippen LogP contribution in [0, 0.1) is 17.3 Å². The molecule has 0 aromatic heterocycles. The van der Waals surface area contributed by atoms with Crippen LogP contribution in [0.25, 0.3) is 0 Å². The third-order valence-electron chi connectivity index (χ3n) is 4.44. The van der Waals surface area contributed by atoms with E-state index in [1.807, 2.05) is 30.3 Å². The van der Waals surface area contributed by atoms with Crippen LogP contribution in [0.15, 0.2) is 30.3 Å². The minimum absolute atomic E-state index is 0.0208. The number of nitrogens with one attached hydrogen (secondary N) is 1. The van der Waals surface area contributed by atoms with Gasteiger partial charge in [-0.1, -0.05) is 51.1 Å². The second kappa shape index (κ2) is 6.51. The maximum Gasteiger partial charge on any atom is 0.306 e. The summed E-state index contributed by atoms with van der Waals surface area (Å²) in [5.74, 6) is -1.37. The predicted octanol–water partition coefficient (Wildman–Crippen LogP) is 3.39. The molecule has 2 rings (SSSR count). The number of rotatable bonds is 4. The van der Waals surface area contributed by atoms with Gasteiger partial charge >= 0.3 is 5.97 Å². The second-order valence-corrected chi connectivity index (χ2v) is 7.26. The van der Waals surface area contributed by atoms with E-state index in [1.54, 1.807) is 0 Å². The predicted molar refractivity (Wildman–Crippen MR) is 85.2 cm³/mol. The minimum atomic E-state index is -0.786. The van der Waals surface area contributed by atoms with E-state index < -0.39 is 5.97 Å². The third-order valence-corrected chi connectivity index (χ3v) is 4.44. The topological polar surface area (TPSA) is 66.4 Å². The van der Waals surface area contributed by atoms with Crippen LogP contribution in [0.1, 0.15) is 51.6 Å². The average Bonchev–Trinajstić information content (AvgIpc) is 2.94. The van der Waals surface area contributed by atoms with Gasteiger partial charge in [0.2, 0.25) is 5.91 Å². The van der Waals surface area contributed by atoms with Gasteiger partial charge in [-0.15, -0.1) is 0 Å². The number of carboxylic acids is 1. The van der Waals surface area contributed by atoms with Gasteiger partial charge in [0.1, 0.15) is 0 Å². The highest BCUT2D eigenvalue weighted by atomic mass is 16.4. The van der Waals surface area contributed by atoms with Crippen molar-refractivity contribution in [3.63, 3.8) is 0 Å². The van der Waals surface area contributed by atoms with Crippen LogP contribution < -0.4 is 5.32 Å². The fourth-order valence-electron chi connectivity index (χ4n) is 3.15. The SMILES string of the molecule is CC(C)(C)C(NC(=O)[C@@H]1CC[C@H](C(=O)O)C1)c1ccccc1. The average molecular weight is 303 g/mol. The smallest absolute Gasteiger partial charge is 0.306 e. The molecule has 1 aliphatic rings. The second-order valence-electron chi connectivity index (χ2n) is 7.26. The van der Waals surface area contributed by atoms with E-state index >= 15 is 0 Å². The van der Waals surface area contributed by atoms with Crippen LogP contribution >= 0.6 is 0 Å². The van der Waals surface area contributed by atoms with E-state index in [2.05, 4.69) is 26.1 Å². The molecule has 0 bridgehead atoms. The van der Waals surface area contributed by atoms with Crippen molar-refractivity contribution in [1.82, 2.24) is 5.32 Å². The Bertz CT molecular complexity index is 533. The summed E-state index contributed by atoms with van der Waals surface area (Å²) in [7, 11) is 0. The van der Waals surface area contributed by atoms with Gasteiger partial charge in [0.25, 0.3) is 0 Å². The highest BCUT2D eigenvalue weighted by molar-refractivity contribution is 5.81. The summed E-state index contributed by atoms with van der Waals surface area (Å²) in [6.45, 7) is 6.29. The molecule has 1 fully saturated rings. The van der Waals surface area contributed by atoms with Gasteiger partial charge in [-0.05, 0) is 30.2 Å². The zero-order valence-electron chi connectivity index (χ0n) is 13.5. The third kappa shape index (κ3) is 3.87. The maximum absolute atomic E-state index is 12.5. The zero-order chi connectivity index (χ0) is 16.3. The van der Waals surface area contributed by atoms with Crippen molar-refractivity contribution >= 4 is 11.9 Å².